The average molecular weight is 401 g/mol. The van der Waals surface area contributed by atoms with Crippen molar-refractivity contribution in [3.63, 3.8) is 0 Å². The largest absolute Gasteiger partial charge is 0.497 e. The van der Waals surface area contributed by atoms with Crippen molar-refractivity contribution in [2.75, 3.05) is 12.4 Å². The Balaban J connectivity index is 1.67. The fraction of sp³-hybridized carbons (Fsp3) is 0.304. The van der Waals surface area contributed by atoms with Crippen LogP contribution in [0, 0.1) is 5.41 Å². The number of hydrogen-bond donors (Lipinski definition) is 1. The quantitative estimate of drug-likeness (QED) is 0.714. The van der Waals surface area contributed by atoms with Gasteiger partial charge in [0.1, 0.15) is 11.8 Å². The number of anilines is 1. The van der Waals surface area contributed by atoms with E-state index in [4.69, 9.17) is 14.8 Å². The predicted octanol–water partition coefficient (Wildman–Crippen LogP) is 4.01. The van der Waals surface area contributed by atoms with Crippen LogP contribution in [0.2, 0.25) is 0 Å². The summed E-state index contributed by atoms with van der Waals surface area (Å²) in [6, 6.07) is 11.2. The molecule has 1 aliphatic heterocycles. The van der Waals surface area contributed by atoms with Crippen LogP contribution >= 0.6 is 0 Å². The van der Waals surface area contributed by atoms with Crippen LogP contribution in [0.3, 0.4) is 0 Å². The zero-order valence-corrected chi connectivity index (χ0v) is 17.2. The van der Waals surface area contributed by atoms with Crippen LogP contribution in [0.5, 0.6) is 5.75 Å². The van der Waals surface area contributed by atoms with E-state index in [0.717, 1.165) is 34.6 Å². The topological polar surface area (TPSA) is 81.9 Å². The molecule has 7 nitrogen and oxygen atoms in total. The summed E-state index contributed by atoms with van der Waals surface area (Å²) in [5.74, 6) is 2.17. The molecule has 3 aromatic rings. The molecule has 1 N–H and O–H groups in total. The smallest absolute Gasteiger partial charge is 0.226 e. The molecule has 1 unspecified atom stereocenters. The highest BCUT2D eigenvalue weighted by Gasteiger charge is 2.41. The lowest BCUT2D eigenvalue weighted by molar-refractivity contribution is -0.118. The number of allylic oxidation sites excluding steroid dienone is 2. The summed E-state index contributed by atoms with van der Waals surface area (Å²) in [5.41, 5.74) is 3.48. The van der Waals surface area contributed by atoms with Crippen molar-refractivity contribution in [2.45, 2.75) is 32.7 Å². The van der Waals surface area contributed by atoms with Crippen molar-refractivity contribution in [1.29, 1.82) is 0 Å². The van der Waals surface area contributed by atoms with Crippen molar-refractivity contribution >= 4 is 11.7 Å². The van der Waals surface area contributed by atoms with Gasteiger partial charge in [0, 0.05) is 35.6 Å². The lowest BCUT2D eigenvalue weighted by atomic mass is 9.73. The van der Waals surface area contributed by atoms with Gasteiger partial charge in [-0.15, -0.1) is 5.10 Å². The molecule has 0 spiro atoms. The van der Waals surface area contributed by atoms with Gasteiger partial charge >= 0.3 is 0 Å². The van der Waals surface area contributed by atoms with E-state index in [1.165, 1.54) is 0 Å². The molecule has 5 rings (SSSR count). The van der Waals surface area contributed by atoms with Crippen LogP contribution in [-0.2, 0) is 4.79 Å². The molecule has 1 aromatic carbocycles. The van der Waals surface area contributed by atoms with Crippen LogP contribution in [0.25, 0.3) is 11.4 Å². The van der Waals surface area contributed by atoms with Crippen molar-refractivity contribution < 1.29 is 9.53 Å². The summed E-state index contributed by atoms with van der Waals surface area (Å²) >= 11 is 0. The van der Waals surface area contributed by atoms with Gasteiger partial charge in [-0.3, -0.25) is 9.78 Å². The number of hydrogen-bond acceptors (Lipinski definition) is 6. The van der Waals surface area contributed by atoms with E-state index < -0.39 is 0 Å². The number of aromatic nitrogens is 4. The number of methoxy groups -OCH3 is 1. The normalized spacial score (nSPS) is 19.7. The van der Waals surface area contributed by atoms with Crippen LogP contribution < -0.4 is 10.1 Å². The molecule has 0 saturated heterocycles. The van der Waals surface area contributed by atoms with Crippen LogP contribution in [0.4, 0.5) is 5.95 Å². The maximum Gasteiger partial charge on any atom is 0.226 e. The third-order valence-corrected chi connectivity index (χ3v) is 5.70. The molecule has 0 fully saturated rings. The van der Waals surface area contributed by atoms with E-state index in [-0.39, 0.29) is 17.2 Å². The maximum absolute atomic E-state index is 13.2. The van der Waals surface area contributed by atoms with Crippen molar-refractivity contribution in [3.8, 4) is 17.1 Å². The summed E-state index contributed by atoms with van der Waals surface area (Å²) in [6.45, 7) is 4.25. The molecule has 0 amide bonds. The fourth-order valence-electron chi connectivity index (χ4n) is 4.33. The van der Waals surface area contributed by atoms with E-state index >= 15 is 0 Å². The van der Waals surface area contributed by atoms with Gasteiger partial charge in [0.05, 0.1) is 7.11 Å². The van der Waals surface area contributed by atoms with Gasteiger partial charge in [-0.25, -0.2) is 4.68 Å². The van der Waals surface area contributed by atoms with Gasteiger partial charge in [-0.2, -0.15) is 4.98 Å². The molecule has 152 valence electrons. The van der Waals surface area contributed by atoms with E-state index in [0.29, 0.717) is 18.2 Å². The summed E-state index contributed by atoms with van der Waals surface area (Å²) in [6.07, 6.45) is 4.75. The van der Waals surface area contributed by atoms with E-state index in [2.05, 4.69) is 24.1 Å². The second-order valence-corrected chi connectivity index (χ2v) is 8.57. The fourth-order valence-corrected chi connectivity index (χ4v) is 4.33. The highest BCUT2D eigenvalue weighted by Crippen LogP contribution is 2.45. The minimum absolute atomic E-state index is 0.0938. The number of nitrogens with one attached hydrogen (secondary N) is 1. The third kappa shape index (κ3) is 3.07. The Hall–Kier alpha value is -3.48. The average Bonchev–Trinajstić information content (AvgIpc) is 3.16. The number of benzene rings is 1. The molecule has 2 aliphatic rings. The first-order valence-corrected chi connectivity index (χ1v) is 9.99. The Labute approximate surface area is 174 Å². The standard InChI is InChI=1S/C23H23N5O2/c1-23(2)12-17-19(18(29)13-23)20(14-4-6-16(30-3)7-5-14)28-22(25-17)26-21(27-28)15-8-10-24-11-9-15/h4-11,20H,12-13H2,1-3H3,(H,25,26,27). The lowest BCUT2D eigenvalue weighted by Gasteiger charge is -2.38. The number of ketones is 1. The summed E-state index contributed by atoms with van der Waals surface area (Å²) in [7, 11) is 1.64. The molecular formula is C23H23N5O2. The molecular weight excluding hydrogens is 378 g/mol. The monoisotopic (exact) mass is 401 g/mol. The first-order valence-electron chi connectivity index (χ1n) is 9.99. The van der Waals surface area contributed by atoms with E-state index in [1.807, 2.05) is 41.1 Å². The number of rotatable bonds is 3. The summed E-state index contributed by atoms with van der Waals surface area (Å²) < 4.78 is 7.14. The number of carbonyl (C=O) groups is 1. The Bertz CT molecular complexity index is 1150. The minimum atomic E-state index is -0.325. The first-order chi connectivity index (χ1) is 14.4. The Morgan fingerprint density at radius 2 is 1.83 bits per heavy atom. The molecule has 0 saturated carbocycles. The molecule has 0 bridgehead atoms. The van der Waals surface area contributed by atoms with Gasteiger partial charge in [0.15, 0.2) is 11.6 Å². The number of fused-ring (bicyclic) bond motifs is 1. The molecule has 3 heterocycles. The maximum atomic E-state index is 13.2. The first kappa shape index (κ1) is 18.5. The van der Waals surface area contributed by atoms with E-state index in [1.54, 1.807) is 19.5 Å². The second kappa shape index (κ2) is 6.79. The lowest BCUT2D eigenvalue weighted by Crippen LogP contribution is -2.36. The van der Waals surface area contributed by atoms with Crippen molar-refractivity contribution in [3.05, 3.63) is 65.6 Å². The molecule has 1 atom stereocenters. The Morgan fingerprint density at radius 1 is 1.10 bits per heavy atom. The number of pyridine rings is 1. The van der Waals surface area contributed by atoms with Crippen molar-refractivity contribution in [2.24, 2.45) is 5.41 Å². The van der Waals surface area contributed by atoms with Gasteiger partial charge < -0.3 is 10.1 Å². The number of Topliss-reactive ketones (excluding diaryl/α,β-unsaturated/α-hetero) is 1. The molecule has 1 aliphatic carbocycles. The Morgan fingerprint density at radius 3 is 2.53 bits per heavy atom. The zero-order valence-electron chi connectivity index (χ0n) is 17.2. The van der Waals surface area contributed by atoms with E-state index in [9.17, 15) is 4.79 Å². The molecule has 2 aromatic heterocycles. The predicted molar refractivity (Wildman–Crippen MR) is 113 cm³/mol. The third-order valence-electron chi connectivity index (χ3n) is 5.70. The van der Waals surface area contributed by atoms with Gasteiger partial charge in [-0.05, 0) is 41.7 Å². The molecule has 7 heteroatoms. The van der Waals surface area contributed by atoms with Gasteiger partial charge in [0.25, 0.3) is 0 Å². The highest BCUT2D eigenvalue weighted by atomic mass is 16.5. The summed E-state index contributed by atoms with van der Waals surface area (Å²) in [4.78, 5) is 22.1. The van der Waals surface area contributed by atoms with Crippen LogP contribution in [0.1, 0.15) is 38.3 Å². The Kier molecular flexibility index (Phi) is 4.20. The van der Waals surface area contributed by atoms with Gasteiger partial charge in [-0.1, -0.05) is 26.0 Å². The number of nitrogens with zero attached hydrogens (tertiary/aromatic N) is 4. The van der Waals surface area contributed by atoms with Crippen LogP contribution in [-0.4, -0.2) is 32.6 Å². The molecule has 30 heavy (non-hydrogen) atoms. The van der Waals surface area contributed by atoms with Crippen LogP contribution in [0.15, 0.2) is 60.1 Å². The minimum Gasteiger partial charge on any atom is -0.497 e. The zero-order chi connectivity index (χ0) is 20.9. The SMILES string of the molecule is COc1ccc(C2C3=C(CC(C)(C)CC3=O)Nc3nc(-c4ccncc4)nn32)cc1. The summed E-state index contributed by atoms with van der Waals surface area (Å²) in [5, 5.41) is 8.19. The molecule has 0 radical (unpaired) electrons. The number of carbonyl (C=O) groups excluding carboxylic acids is 1. The number of ether oxygens (including phenoxy) is 1. The van der Waals surface area contributed by atoms with Gasteiger partial charge in [0.2, 0.25) is 5.95 Å². The van der Waals surface area contributed by atoms with Crippen molar-refractivity contribution in [1.82, 2.24) is 19.7 Å². The second-order valence-electron chi connectivity index (χ2n) is 8.57. The highest BCUT2D eigenvalue weighted by molar-refractivity contribution is 6.00.